The summed E-state index contributed by atoms with van der Waals surface area (Å²) in [6, 6.07) is 3.11. The van der Waals surface area contributed by atoms with Crippen LogP contribution in [0.25, 0.3) is 0 Å². The van der Waals surface area contributed by atoms with E-state index in [0.717, 1.165) is 25.2 Å². The Kier molecular flexibility index (Phi) is 4.17. The molecule has 1 heterocycles. The third-order valence-corrected chi connectivity index (χ3v) is 3.87. The second kappa shape index (κ2) is 5.68. The fourth-order valence-electron chi connectivity index (χ4n) is 2.48. The molecule has 1 saturated heterocycles. The van der Waals surface area contributed by atoms with Crippen LogP contribution in [0.1, 0.15) is 27.2 Å². The van der Waals surface area contributed by atoms with Gasteiger partial charge in [-0.25, -0.2) is 4.39 Å². The molecule has 1 aromatic carbocycles. The third kappa shape index (κ3) is 2.94. The van der Waals surface area contributed by atoms with Crippen LogP contribution >= 0.6 is 0 Å². The summed E-state index contributed by atoms with van der Waals surface area (Å²) in [4.78, 5) is 2.23. The van der Waals surface area contributed by atoms with Gasteiger partial charge in [0.1, 0.15) is 0 Å². The average Bonchev–Trinajstić information content (AvgIpc) is 2.68. The highest BCUT2D eigenvalue weighted by Gasteiger charge is 2.28. The highest BCUT2D eigenvalue weighted by atomic mass is 19.1. The minimum Gasteiger partial charge on any atom is -0.490 e. The van der Waals surface area contributed by atoms with Gasteiger partial charge in [0.25, 0.3) is 0 Å². The van der Waals surface area contributed by atoms with Crippen molar-refractivity contribution in [1.82, 2.24) is 0 Å². The number of benzene rings is 1. The summed E-state index contributed by atoms with van der Waals surface area (Å²) in [6.45, 7) is 8.92. The van der Waals surface area contributed by atoms with Gasteiger partial charge in [-0.05, 0) is 18.3 Å². The normalized spacial score (nSPS) is 22.8. The molecular weight excluding hydrogens is 243 g/mol. The van der Waals surface area contributed by atoms with Gasteiger partial charge in [-0.3, -0.25) is 0 Å². The molecule has 2 atom stereocenters. The van der Waals surface area contributed by atoms with Crippen molar-refractivity contribution in [2.24, 2.45) is 11.8 Å². The number of anilines is 2. The van der Waals surface area contributed by atoms with Crippen LogP contribution in [0.4, 0.5) is 15.8 Å². The minimum absolute atomic E-state index is 0.304. The zero-order chi connectivity index (χ0) is 14.0. The van der Waals surface area contributed by atoms with Gasteiger partial charge in [0, 0.05) is 25.2 Å². The molecule has 1 aliphatic heterocycles. The van der Waals surface area contributed by atoms with Gasteiger partial charge in [-0.1, -0.05) is 20.8 Å². The lowest BCUT2D eigenvalue weighted by Crippen LogP contribution is -2.21. The fourth-order valence-corrected chi connectivity index (χ4v) is 2.48. The van der Waals surface area contributed by atoms with Crippen molar-refractivity contribution in [2.45, 2.75) is 27.2 Å². The summed E-state index contributed by atoms with van der Waals surface area (Å²) in [5.74, 6) is 1.18. The topological polar surface area (TPSA) is 38.5 Å². The lowest BCUT2D eigenvalue weighted by molar-refractivity contribution is 0.301. The van der Waals surface area contributed by atoms with Gasteiger partial charge < -0.3 is 15.4 Å². The van der Waals surface area contributed by atoms with E-state index < -0.39 is 0 Å². The third-order valence-electron chi connectivity index (χ3n) is 3.87. The van der Waals surface area contributed by atoms with Crippen molar-refractivity contribution in [3.8, 4) is 5.75 Å². The monoisotopic (exact) mass is 266 g/mol. The molecule has 0 radical (unpaired) electrons. The van der Waals surface area contributed by atoms with Crippen molar-refractivity contribution in [1.29, 1.82) is 0 Å². The molecule has 0 amide bonds. The summed E-state index contributed by atoms with van der Waals surface area (Å²) < 4.78 is 19.2. The largest absolute Gasteiger partial charge is 0.490 e. The zero-order valence-corrected chi connectivity index (χ0v) is 11.9. The molecule has 0 aliphatic carbocycles. The number of nitrogens with two attached hydrogens (primary N) is 1. The number of nitrogen functional groups attached to an aromatic ring is 1. The predicted molar refractivity (Wildman–Crippen MR) is 77.1 cm³/mol. The van der Waals surface area contributed by atoms with Gasteiger partial charge in [0.05, 0.1) is 18.0 Å². The summed E-state index contributed by atoms with van der Waals surface area (Å²) >= 11 is 0. The molecule has 4 heteroatoms. The van der Waals surface area contributed by atoms with Gasteiger partial charge >= 0.3 is 0 Å². The first-order valence-electron chi connectivity index (χ1n) is 6.99. The van der Waals surface area contributed by atoms with Crippen LogP contribution in [-0.2, 0) is 0 Å². The van der Waals surface area contributed by atoms with E-state index in [-0.39, 0.29) is 5.82 Å². The first kappa shape index (κ1) is 14.0. The smallest absolute Gasteiger partial charge is 0.167 e. The van der Waals surface area contributed by atoms with Crippen molar-refractivity contribution < 1.29 is 9.13 Å². The molecule has 2 rings (SSSR count). The zero-order valence-electron chi connectivity index (χ0n) is 11.9. The van der Waals surface area contributed by atoms with E-state index >= 15 is 0 Å². The Morgan fingerprint density at radius 2 is 1.95 bits per heavy atom. The van der Waals surface area contributed by atoms with E-state index in [1.165, 1.54) is 6.07 Å². The van der Waals surface area contributed by atoms with E-state index in [9.17, 15) is 4.39 Å². The molecule has 1 fully saturated rings. The van der Waals surface area contributed by atoms with Crippen LogP contribution in [0.3, 0.4) is 0 Å². The summed E-state index contributed by atoms with van der Waals surface area (Å²) in [6.07, 6.45) is 0.858. The maximum absolute atomic E-state index is 13.8. The molecule has 106 valence electrons. The summed E-state index contributed by atoms with van der Waals surface area (Å²) in [7, 11) is 0. The Labute approximate surface area is 114 Å². The number of rotatable bonds is 4. The van der Waals surface area contributed by atoms with Gasteiger partial charge in [-0.15, -0.1) is 0 Å². The number of nitrogens with zero attached hydrogens (tertiary/aromatic N) is 1. The second-order valence-corrected chi connectivity index (χ2v) is 5.55. The predicted octanol–water partition coefficient (Wildman–Crippen LogP) is 3.29. The Morgan fingerprint density at radius 3 is 2.53 bits per heavy atom. The minimum atomic E-state index is -0.380. The quantitative estimate of drug-likeness (QED) is 0.850. The van der Waals surface area contributed by atoms with E-state index in [1.54, 1.807) is 6.07 Å². The Balaban J connectivity index is 2.25. The van der Waals surface area contributed by atoms with Crippen LogP contribution in [0, 0.1) is 17.7 Å². The standard InChI is InChI=1S/C15H23FN2O/c1-4-5-19-15-7-14(13(17)6-12(15)16)18-8-10(2)11(3)9-18/h6-7,10-11H,4-5,8-9,17H2,1-3H3. The lowest BCUT2D eigenvalue weighted by Gasteiger charge is -2.21. The number of ether oxygens (including phenoxy) is 1. The van der Waals surface area contributed by atoms with Crippen molar-refractivity contribution in [3.05, 3.63) is 17.9 Å². The van der Waals surface area contributed by atoms with Crippen LogP contribution in [0.5, 0.6) is 5.75 Å². The van der Waals surface area contributed by atoms with Crippen LogP contribution in [-0.4, -0.2) is 19.7 Å². The van der Waals surface area contributed by atoms with E-state index in [1.807, 2.05) is 6.92 Å². The lowest BCUT2D eigenvalue weighted by atomic mass is 10.0. The molecule has 2 unspecified atom stereocenters. The Hall–Kier alpha value is -1.45. The Morgan fingerprint density at radius 1 is 1.32 bits per heavy atom. The van der Waals surface area contributed by atoms with E-state index in [2.05, 4.69) is 18.7 Å². The highest BCUT2D eigenvalue weighted by Crippen LogP contribution is 2.35. The summed E-state index contributed by atoms with van der Waals surface area (Å²) in [5.41, 5.74) is 7.33. The molecule has 2 N–H and O–H groups in total. The molecular formula is C15H23FN2O. The van der Waals surface area contributed by atoms with Crippen molar-refractivity contribution >= 4 is 11.4 Å². The maximum Gasteiger partial charge on any atom is 0.167 e. The van der Waals surface area contributed by atoms with Crippen LogP contribution in [0.15, 0.2) is 12.1 Å². The molecule has 3 nitrogen and oxygen atoms in total. The van der Waals surface area contributed by atoms with E-state index in [0.29, 0.717) is 29.9 Å². The number of hydrogen-bond donors (Lipinski definition) is 1. The molecule has 1 aromatic rings. The van der Waals surface area contributed by atoms with Crippen molar-refractivity contribution in [3.63, 3.8) is 0 Å². The SMILES string of the molecule is CCCOc1cc(N2CC(C)C(C)C2)c(N)cc1F. The van der Waals surface area contributed by atoms with Gasteiger partial charge in [-0.2, -0.15) is 0 Å². The summed E-state index contributed by atoms with van der Waals surface area (Å²) in [5, 5.41) is 0. The van der Waals surface area contributed by atoms with E-state index in [4.69, 9.17) is 10.5 Å². The fraction of sp³-hybridized carbons (Fsp3) is 0.600. The molecule has 19 heavy (non-hydrogen) atoms. The Bertz CT molecular complexity index is 440. The molecule has 0 saturated carbocycles. The molecule has 0 aromatic heterocycles. The molecule has 0 bridgehead atoms. The van der Waals surface area contributed by atoms with Crippen LogP contribution in [0.2, 0.25) is 0 Å². The molecule has 1 aliphatic rings. The first-order chi connectivity index (χ1) is 9.02. The van der Waals surface area contributed by atoms with Crippen molar-refractivity contribution in [2.75, 3.05) is 30.3 Å². The molecule has 0 spiro atoms. The average molecular weight is 266 g/mol. The second-order valence-electron chi connectivity index (χ2n) is 5.55. The first-order valence-corrected chi connectivity index (χ1v) is 6.99. The van der Waals surface area contributed by atoms with Gasteiger partial charge in [0.15, 0.2) is 11.6 Å². The number of hydrogen-bond acceptors (Lipinski definition) is 3. The van der Waals surface area contributed by atoms with Gasteiger partial charge in [0.2, 0.25) is 0 Å². The maximum atomic E-state index is 13.8. The highest BCUT2D eigenvalue weighted by molar-refractivity contribution is 5.70. The number of halogens is 1. The van der Waals surface area contributed by atoms with Crippen LogP contribution < -0.4 is 15.4 Å².